The summed E-state index contributed by atoms with van der Waals surface area (Å²) in [4.78, 5) is 39.7. The second-order valence-electron chi connectivity index (χ2n) is 6.00. The van der Waals surface area contributed by atoms with Crippen LogP contribution >= 0.6 is 0 Å². The summed E-state index contributed by atoms with van der Waals surface area (Å²) in [5, 5.41) is 2.91. The summed E-state index contributed by atoms with van der Waals surface area (Å²) in [6, 6.07) is 4.26. The van der Waals surface area contributed by atoms with Gasteiger partial charge in [-0.15, -0.1) is 5.06 Å². The third-order valence-electron chi connectivity index (χ3n) is 4.41. The van der Waals surface area contributed by atoms with Crippen LogP contribution in [0.15, 0.2) is 24.3 Å². The number of amides is 2. The zero-order valence-corrected chi connectivity index (χ0v) is 13.0. The molecule has 0 radical (unpaired) electrons. The van der Waals surface area contributed by atoms with Crippen LogP contribution in [0.1, 0.15) is 36.8 Å². The maximum atomic E-state index is 11.9. The first-order valence-corrected chi connectivity index (χ1v) is 7.92. The smallest absolute Gasteiger partial charge is 0.330 e. The fourth-order valence-corrected chi connectivity index (χ4v) is 3.15. The number of benzene rings is 1. The maximum absolute atomic E-state index is 11.9. The molecule has 2 amide bonds. The molecule has 0 unspecified atom stereocenters. The monoisotopic (exact) mass is 321 g/mol. The Morgan fingerprint density at radius 3 is 2.62 bits per heavy atom. The van der Waals surface area contributed by atoms with Crippen molar-refractivity contribution >= 4 is 41.6 Å². The SMILES string of the molecule is O=C(CCC1=CC=c2cc3c(cc21)=CC=C3)ON1C(=O)CCC1=O. The molecule has 0 spiro atoms. The third kappa shape index (κ3) is 2.48. The van der Waals surface area contributed by atoms with Gasteiger partial charge in [0.2, 0.25) is 0 Å². The lowest BCUT2D eigenvalue weighted by atomic mass is 10.0. The van der Waals surface area contributed by atoms with Crippen molar-refractivity contribution in [3.05, 3.63) is 45.8 Å². The maximum Gasteiger partial charge on any atom is 0.333 e. The van der Waals surface area contributed by atoms with Crippen LogP contribution in [0, 0.1) is 0 Å². The number of allylic oxidation sites excluding steroid dienone is 3. The molecule has 1 aliphatic heterocycles. The zero-order chi connectivity index (χ0) is 16.7. The molecule has 5 heteroatoms. The molecule has 2 aliphatic carbocycles. The highest BCUT2D eigenvalue weighted by Gasteiger charge is 2.32. The van der Waals surface area contributed by atoms with E-state index < -0.39 is 17.8 Å². The number of carbonyl (C=O) groups excluding carboxylic acids is 3. The van der Waals surface area contributed by atoms with Gasteiger partial charge >= 0.3 is 5.97 Å². The molecule has 1 aromatic carbocycles. The van der Waals surface area contributed by atoms with E-state index in [4.69, 9.17) is 4.84 Å². The van der Waals surface area contributed by atoms with Gasteiger partial charge < -0.3 is 4.84 Å². The van der Waals surface area contributed by atoms with E-state index in [1.807, 2.05) is 18.2 Å². The van der Waals surface area contributed by atoms with Crippen LogP contribution in [0.3, 0.4) is 0 Å². The molecule has 1 fully saturated rings. The van der Waals surface area contributed by atoms with Crippen LogP contribution in [0.2, 0.25) is 0 Å². The van der Waals surface area contributed by atoms with Gasteiger partial charge in [-0.05, 0) is 45.7 Å². The van der Waals surface area contributed by atoms with Gasteiger partial charge in [-0.1, -0.05) is 30.4 Å². The van der Waals surface area contributed by atoms with E-state index >= 15 is 0 Å². The molecule has 24 heavy (non-hydrogen) atoms. The Labute approximate surface area is 138 Å². The van der Waals surface area contributed by atoms with Crippen molar-refractivity contribution in [3.8, 4) is 0 Å². The van der Waals surface area contributed by atoms with E-state index in [2.05, 4.69) is 24.3 Å². The van der Waals surface area contributed by atoms with Crippen molar-refractivity contribution in [1.82, 2.24) is 5.06 Å². The number of hydrogen-bond donors (Lipinski definition) is 0. The molecule has 3 aliphatic rings. The van der Waals surface area contributed by atoms with Crippen molar-refractivity contribution in [1.29, 1.82) is 0 Å². The minimum Gasteiger partial charge on any atom is -0.330 e. The van der Waals surface area contributed by atoms with Crippen LogP contribution in [0.4, 0.5) is 0 Å². The number of fused-ring (bicyclic) bond motifs is 2. The van der Waals surface area contributed by atoms with Crippen LogP contribution in [0.5, 0.6) is 0 Å². The van der Waals surface area contributed by atoms with Gasteiger partial charge in [0.05, 0.1) is 6.42 Å². The number of nitrogens with zero attached hydrogens (tertiary/aromatic N) is 1. The van der Waals surface area contributed by atoms with E-state index in [0.717, 1.165) is 16.4 Å². The van der Waals surface area contributed by atoms with E-state index in [1.54, 1.807) is 0 Å². The Hall–Kier alpha value is -2.95. The largest absolute Gasteiger partial charge is 0.333 e. The minimum absolute atomic E-state index is 0.106. The summed E-state index contributed by atoms with van der Waals surface area (Å²) < 4.78 is 0. The number of imide groups is 1. The minimum atomic E-state index is -0.567. The molecule has 4 rings (SSSR count). The standard InChI is InChI=1S/C19H15NO4/c21-17-7-8-18(22)20(17)24-19(23)9-6-12-4-5-15-10-13-2-1-3-14(13)11-16(12)15/h1-5,10-11H,6-9H2. The van der Waals surface area contributed by atoms with Crippen LogP contribution in [0.25, 0.3) is 23.8 Å². The lowest BCUT2D eigenvalue weighted by Gasteiger charge is -2.12. The second-order valence-corrected chi connectivity index (χ2v) is 6.00. The first-order chi connectivity index (χ1) is 11.6. The van der Waals surface area contributed by atoms with E-state index in [1.165, 1.54) is 10.8 Å². The second kappa shape index (κ2) is 5.60. The third-order valence-corrected chi connectivity index (χ3v) is 4.41. The molecule has 1 heterocycles. The van der Waals surface area contributed by atoms with Gasteiger partial charge in [0.15, 0.2) is 0 Å². The van der Waals surface area contributed by atoms with E-state index in [9.17, 15) is 14.4 Å². The molecule has 0 atom stereocenters. The van der Waals surface area contributed by atoms with Crippen LogP contribution in [-0.4, -0.2) is 22.8 Å². The van der Waals surface area contributed by atoms with Gasteiger partial charge in [0.25, 0.3) is 11.8 Å². The zero-order valence-electron chi connectivity index (χ0n) is 13.0. The number of carbonyl (C=O) groups is 3. The normalized spacial score (nSPS) is 17.3. The average Bonchev–Trinajstić information content (AvgIpc) is 3.26. The van der Waals surface area contributed by atoms with E-state index in [0.29, 0.717) is 11.5 Å². The first kappa shape index (κ1) is 14.6. The highest BCUT2D eigenvalue weighted by Crippen LogP contribution is 2.22. The topological polar surface area (TPSA) is 63.7 Å². The molecular weight excluding hydrogens is 306 g/mol. The summed E-state index contributed by atoms with van der Waals surface area (Å²) in [6.45, 7) is 0. The molecule has 120 valence electrons. The summed E-state index contributed by atoms with van der Waals surface area (Å²) >= 11 is 0. The van der Waals surface area contributed by atoms with Crippen molar-refractivity contribution in [2.75, 3.05) is 0 Å². The quantitative estimate of drug-likeness (QED) is 0.778. The van der Waals surface area contributed by atoms with Crippen molar-refractivity contribution in [3.63, 3.8) is 0 Å². The summed E-state index contributed by atoms with van der Waals surface area (Å²) in [5.74, 6) is -1.47. The van der Waals surface area contributed by atoms with Crippen molar-refractivity contribution < 1.29 is 19.2 Å². The molecule has 5 nitrogen and oxygen atoms in total. The van der Waals surface area contributed by atoms with E-state index in [-0.39, 0.29) is 19.3 Å². The van der Waals surface area contributed by atoms with Gasteiger partial charge in [0.1, 0.15) is 0 Å². The van der Waals surface area contributed by atoms with Gasteiger partial charge in [-0.3, -0.25) is 9.59 Å². The Balaban J connectivity index is 1.41. The summed E-state index contributed by atoms with van der Waals surface area (Å²) in [6.07, 6.45) is 11.0. The molecule has 0 bridgehead atoms. The number of hydroxylamine groups is 2. The van der Waals surface area contributed by atoms with Crippen LogP contribution < -0.4 is 10.4 Å². The van der Waals surface area contributed by atoms with Crippen molar-refractivity contribution in [2.24, 2.45) is 0 Å². The van der Waals surface area contributed by atoms with Crippen molar-refractivity contribution in [2.45, 2.75) is 25.7 Å². The Kier molecular flexibility index (Phi) is 3.41. The molecular formula is C19H15NO4. The Morgan fingerprint density at radius 1 is 1.04 bits per heavy atom. The molecule has 1 saturated heterocycles. The lowest BCUT2D eigenvalue weighted by Crippen LogP contribution is -2.32. The highest BCUT2D eigenvalue weighted by atomic mass is 16.7. The van der Waals surface area contributed by atoms with Gasteiger partial charge in [0, 0.05) is 12.8 Å². The van der Waals surface area contributed by atoms with Crippen LogP contribution in [-0.2, 0) is 19.2 Å². The summed E-state index contributed by atoms with van der Waals surface area (Å²) in [5.41, 5.74) is 3.38. The number of rotatable bonds is 4. The predicted molar refractivity (Wildman–Crippen MR) is 88.0 cm³/mol. The number of hydrogen-bond acceptors (Lipinski definition) is 4. The van der Waals surface area contributed by atoms with Gasteiger partial charge in [-0.25, -0.2) is 4.79 Å². The molecule has 0 aromatic heterocycles. The molecule has 0 saturated carbocycles. The summed E-state index contributed by atoms with van der Waals surface area (Å²) in [7, 11) is 0. The highest BCUT2D eigenvalue weighted by molar-refractivity contribution is 6.01. The predicted octanol–water partition coefficient (Wildman–Crippen LogP) is 1.06. The Bertz CT molecular complexity index is 936. The molecule has 0 N–H and O–H groups in total. The Morgan fingerprint density at radius 2 is 1.83 bits per heavy atom. The van der Waals surface area contributed by atoms with Gasteiger partial charge in [-0.2, -0.15) is 0 Å². The fraction of sp³-hybridized carbons (Fsp3) is 0.211. The average molecular weight is 321 g/mol. The fourth-order valence-electron chi connectivity index (χ4n) is 3.15. The first-order valence-electron chi connectivity index (χ1n) is 7.92. The lowest BCUT2D eigenvalue weighted by molar-refractivity contribution is -0.197. The molecule has 1 aromatic rings.